The van der Waals surface area contributed by atoms with Crippen LogP contribution < -0.4 is 14.9 Å². The van der Waals surface area contributed by atoms with Crippen LogP contribution in [0.1, 0.15) is 17.5 Å². The lowest BCUT2D eigenvalue weighted by atomic mass is 10.1. The largest absolute Gasteiger partial charge is 0.502 e. The summed E-state index contributed by atoms with van der Waals surface area (Å²) in [5.74, 6) is 0.0290. The zero-order chi connectivity index (χ0) is 23.8. The number of sulfonamides is 1. The van der Waals surface area contributed by atoms with E-state index < -0.39 is 10.0 Å². The van der Waals surface area contributed by atoms with Gasteiger partial charge < -0.3 is 19.3 Å². The van der Waals surface area contributed by atoms with Crippen LogP contribution in [0.2, 0.25) is 0 Å². The summed E-state index contributed by atoms with van der Waals surface area (Å²) in [5, 5.41) is 13.8. The molecular formula is C22H27N3O7S. The van der Waals surface area contributed by atoms with Gasteiger partial charge in [0.1, 0.15) is 0 Å². The quantitative estimate of drug-likeness (QED) is 0.414. The summed E-state index contributed by atoms with van der Waals surface area (Å²) in [6.07, 6.45) is 2.02. The summed E-state index contributed by atoms with van der Waals surface area (Å²) >= 11 is 0. The molecule has 2 aromatic rings. The van der Waals surface area contributed by atoms with Crippen molar-refractivity contribution >= 4 is 22.1 Å². The Kier molecular flexibility index (Phi) is 8.26. The van der Waals surface area contributed by atoms with Gasteiger partial charge in [-0.05, 0) is 36.2 Å². The highest BCUT2D eigenvalue weighted by molar-refractivity contribution is 7.89. The number of rotatable bonds is 9. The number of phenols is 1. The normalized spacial score (nSPS) is 14.8. The van der Waals surface area contributed by atoms with Gasteiger partial charge in [-0.1, -0.05) is 12.1 Å². The molecule has 0 bridgehead atoms. The van der Waals surface area contributed by atoms with E-state index in [9.17, 15) is 18.3 Å². The molecule has 0 atom stereocenters. The minimum Gasteiger partial charge on any atom is -0.502 e. The summed E-state index contributed by atoms with van der Waals surface area (Å²) < 4.78 is 42.1. The van der Waals surface area contributed by atoms with Crippen LogP contribution in [0, 0.1) is 0 Å². The Labute approximate surface area is 192 Å². The number of nitrogens with one attached hydrogen (secondary N) is 1. The summed E-state index contributed by atoms with van der Waals surface area (Å²) in [6, 6.07) is 9.64. The minimum absolute atomic E-state index is 0.120. The molecule has 0 aliphatic carbocycles. The Morgan fingerprint density at radius 3 is 2.33 bits per heavy atom. The van der Waals surface area contributed by atoms with Crippen molar-refractivity contribution in [1.82, 2.24) is 9.73 Å². The molecule has 1 amide bonds. The third kappa shape index (κ3) is 6.21. The van der Waals surface area contributed by atoms with Gasteiger partial charge in [-0.25, -0.2) is 13.8 Å². The third-order valence-corrected chi connectivity index (χ3v) is 6.99. The number of hydrazone groups is 1. The van der Waals surface area contributed by atoms with Crippen LogP contribution in [-0.2, 0) is 26.0 Å². The Morgan fingerprint density at radius 2 is 1.76 bits per heavy atom. The number of carbonyl (C=O) groups excluding carboxylic acids is 1. The van der Waals surface area contributed by atoms with Crippen molar-refractivity contribution < 1.29 is 32.5 Å². The summed E-state index contributed by atoms with van der Waals surface area (Å²) in [4.78, 5) is 12.3. The van der Waals surface area contributed by atoms with E-state index in [1.54, 1.807) is 36.4 Å². The average molecular weight is 478 g/mol. The van der Waals surface area contributed by atoms with E-state index in [0.29, 0.717) is 38.3 Å². The van der Waals surface area contributed by atoms with Crippen molar-refractivity contribution in [2.75, 3.05) is 40.5 Å². The van der Waals surface area contributed by atoms with Crippen LogP contribution in [0.4, 0.5) is 0 Å². The van der Waals surface area contributed by atoms with Gasteiger partial charge in [0.05, 0.1) is 38.5 Å². The van der Waals surface area contributed by atoms with Crippen molar-refractivity contribution in [3.8, 4) is 17.2 Å². The average Bonchev–Trinajstić information content (AvgIpc) is 2.84. The molecule has 33 heavy (non-hydrogen) atoms. The minimum atomic E-state index is -3.54. The first kappa shape index (κ1) is 24.5. The molecule has 0 aromatic heterocycles. The summed E-state index contributed by atoms with van der Waals surface area (Å²) in [5.41, 5.74) is 3.85. The van der Waals surface area contributed by atoms with Crippen LogP contribution in [0.5, 0.6) is 17.2 Å². The third-order valence-electron chi connectivity index (χ3n) is 5.08. The fourth-order valence-electron chi connectivity index (χ4n) is 3.24. The molecule has 1 fully saturated rings. The Balaban J connectivity index is 1.53. The monoisotopic (exact) mass is 477 g/mol. The van der Waals surface area contributed by atoms with E-state index in [0.717, 1.165) is 5.56 Å². The number of carbonyl (C=O) groups is 1. The standard InChI is InChI=1S/C22H27N3O7S/c1-30-19-13-17(14-20(31-2)22(19)27)15-23-24-21(26)8-5-16-3-6-18(7-4-16)33(28,29)25-9-11-32-12-10-25/h3-4,6-7,13-15,27H,5,8-12H2,1-2H3,(H,24,26)/b23-15+. The summed E-state index contributed by atoms with van der Waals surface area (Å²) in [7, 11) is -0.703. The molecule has 0 radical (unpaired) electrons. The zero-order valence-corrected chi connectivity index (χ0v) is 19.3. The van der Waals surface area contributed by atoms with Crippen molar-refractivity contribution in [3.05, 3.63) is 47.5 Å². The molecule has 0 saturated carbocycles. The van der Waals surface area contributed by atoms with E-state index in [-0.39, 0.29) is 34.5 Å². The highest BCUT2D eigenvalue weighted by atomic mass is 32.2. The van der Waals surface area contributed by atoms with Gasteiger partial charge in [0, 0.05) is 25.1 Å². The number of morpholine rings is 1. The molecule has 11 heteroatoms. The van der Waals surface area contributed by atoms with Gasteiger partial charge in [-0.15, -0.1) is 0 Å². The first-order chi connectivity index (χ1) is 15.8. The maximum absolute atomic E-state index is 12.7. The number of methoxy groups -OCH3 is 2. The van der Waals surface area contributed by atoms with Gasteiger partial charge in [-0.3, -0.25) is 4.79 Å². The number of nitrogens with zero attached hydrogens (tertiary/aromatic N) is 2. The molecule has 1 aliphatic heterocycles. The van der Waals surface area contributed by atoms with Gasteiger partial charge in [0.25, 0.3) is 0 Å². The predicted molar refractivity (Wildman–Crippen MR) is 121 cm³/mol. The molecule has 178 valence electrons. The number of phenolic OH excluding ortho intramolecular Hbond substituents is 1. The maximum Gasteiger partial charge on any atom is 0.243 e. The number of hydrogen-bond donors (Lipinski definition) is 2. The molecule has 1 aliphatic rings. The molecule has 3 rings (SSSR count). The van der Waals surface area contributed by atoms with E-state index in [4.69, 9.17) is 14.2 Å². The van der Waals surface area contributed by atoms with Crippen LogP contribution in [0.25, 0.3) is 0 Å². The zero-order valence-electron chi connectivity index (χ0n) is 18.5. The fourth-order valence-corrected chi connectivity index (χ4v) is 4.65. The predicted octanol–water partition coefficient (Wildman–Crippen LogP) is 1.51. The first-order valence-electron chi connectivity index (χ1n) is 10.3. The Morgan fingerprint density at radius 1 is 1.15 bits per heavy atom. The molecule has 1 heterocycles. The van der Waals surface area contributed by atoms with E-state index in [1.165, 1.54) is 24.7 Å². The number of aromatic hydroxyl groups is 1. The molecular weight excluding hydrogens is 450 g/mol. The van der Waals surface area contributed by atoms with E-state index in [1.807, 2.05) is 0 Å². The number of amides is 1. The smallest absolute Gasteiger partial charge is 0.243 e. The second-order valence-corrected chi connectivity index (χ2v) is 9.17. The second-order valence-electron chi connectivity index (χ2n) is 7.23. The van der Waals surface area contributed by atoms with Gasteiger partial charge in [0.2, 0.25) is 21.7 Å². The SMILES string of the molecule is COc1cc(/C=N/NC(=O)CCc2ccc(S(=O)(=O)N3CCOCC3)cc2)cc(OC)c1O. The second kappa shape index (κ2) is 11.1. The number of hydrogen-bond acceptors (Lipinski definition) is 8. The number of benzene rings is 2. The molecule has 2 N–H and O–H groups in total. The lowest BCUT2D eigenvalue weighted by Crippen LogP contribution is -2.40. The van der Waals surface area contributed by atoms with Gasteiger partial charge >= 0.3 is 0 Å². The topological polar surface area (TPSA) is 127 Å². The van der Waals surface area contributed by atoms with Crippen molar-refractivity contribution in [2.45, 2.75) is 17.7 Å². The molecule has 0 spiro atoms. The maximum atomic E-state index is 12.7. The van der Waals surface area contributed by atoms with Crippen LogP contribution in [0.3, 0.4) is 0 Å². The Hall–Kier alpha value is -3.15. The van der Waals surface area contributed by atoms with Crippen molar-refractivity contribution in [1.29, 1.82) is 0 Å². The van der Waals surface area contributed by atoms with Gasteiger partial charge in [-0.2, -0.15) is 9.41 Å². The fraction of sp³-hybridized carbons (Fsp3) is 0.364. The summed E-state index contributed by atoms with van der Waals surface area (Å²) in [6.45, 7) is 1.47. The lowest BCUT2D eigenvalue weighted by molar-refractivity contribution is -0.121. The van der Waals surface area contributed by atoms with E-state index >= 15 is 0 Å². The first-order valence-corrected chi connectivity index (χ1v) is 11.7. The van der Waals surface area contributed by atoms with Crippen molar-refractivity contribution in [2.24, 2.45) is 5.10 Å². The molecule has 0 unspecified atom stereocenters. The number of aryl methyl sites for hydroxylation is 1. The van der Waals surface area contributed by atoms with Crippen LogP contribution >= 0.6 is 0 Å². The molecule has 10 nitrogen and oxygen atoms in total. The Bertz CT molecular complexity index is 1070. The highest BCUT2D eigenvalue weighted by Gasteiger charge is 2.26. The van der Waals surface area contributed by atoms with Gasteiger partial charge in [0.15, 0.2) is 11.5 Å². The number of ether oxygens (including phenoxy) is 3. The van der Waals surface area contributed by atoms with E-state index in [2.05, 4.69) is 10.5 Å². The van der Waals surface area contributed by atoms with Crippen LogP contribution in [0.15, 0.2) is 46.4 Å². The highest BCUT2D eigenvalue weighted by Crippen LogP contribution is 2.36. The molecule has 2 aromatic carbocycles. The lowest BCUT2D eigenvalue weighted by Gasteiger charge is -2.26. The van der Waals surface area contributed by atoms with Crippen molar-refractivity contribution in [3.63, 3.8) is 0 Å². The molecule has 1 saturated heterocycles. The van der Waals surface area contributed by atoms with Crippen LogP contribution in [-0.4, -0.2) is 70.5 Å².